The van der Waals surface area contributed by atoms with Gasteiger partial charge in [0.15, 0.2) is 4.34 Å². The van der Waals surface area contributed by atoms with Gasteiger partial charge < -0.3 is 5.32 Å². The minimum atomic E-state index is -0.218. The van der Waals surface area contributed by atoms with Crippen LogP contribution in [0.3, 0.4) is 0 Å². The van der Waals surface area contributed by atoms with E-state index < -0.39 is 0 Å². The van der Waals surface area contributed by atoms with Crippen LogP contribution in [-0.4, -0.2) is 21.9 Å². The second-order valence-electron chi connectivity index (χ2n) is 3.73. The van der Waals surface area contributed by atoms with Gasteiger partial charge in [0.2, 0.25) is 11.0 Å². The molecular weight excluding hydrogens is 337 g/mol. The lowest BCUT2D eigenvalue weighted by molar-refractivity contribution is -0.115. The van der Waals surface area contributed by atoms with Crippen molar-refractivity contribution in [1.29, 1.82) is 0 Å². The lowest BCUT2D eigenvalue weighted by Crippen LogP contribution is -2.14. The van der Waals surface area contributed by atoms with Crippen molar-refractivity contribution < 1.29 is 4.79 Å². The van der Waals surface area contributed by atoms with E-state index in [1.54, 1.807) is 30.0 Å². The van der Waals surface area contributed by atoms with Gasteiger partial charge in [0, 0.05) is 10.0 Å². The number of hydrogen-bond acceptors (Lipinski definition) is 5. The molecule has 8 heteroatoms. The van der Waals surface area contributed by atoms with Crippen LogP contribution in [0.25, 0.3) is 0 Å². The Balaban J connectivity index is 2.01. The van der Waals surface area contributed by atoms with Gasteiger partial charge in [0.05, 0.1) is 6.42 Å². The molecule has 0 spiro atoms. The highest BCUT2D eigenvalue weighted by atomic mass is 35.5. The van der Waals surface area contributed by atoms with Gasteiger partial charge in [0.25, 0.3) is 0 Å². The number of thioether (sulfide) groups is 1. The molecule has 1 heterocycles. The summed E-state index contributed by atoms with van der Waals surface area (Å²) in [7, 11) is 0. The first kappa shape index (κ1) is 15.6. The van der Waals surface area contributed by atoms with E-state index in [0.717, 1.165) is 10.1 Å². The van der Waals surface area contributed by atoms with Crippen molar-refractivity contribution in [3.63, 3.8) is 0 Å². The van der Waals surface area contributed by atoms with Gasteiger partial charge in [-0.25, -0.2) is 0 Å². The molecule has 20 heavy (non-hydrogen) atoms. The Hall–Kier alpha value is -0.820. The molecule has 0 fully saturated rings. The number of benzene rings is 1. The molecule has 0 saturated carbocycles. The van der Waals surface area contributed by atoms with E-state index >= 15 is 0 Å². The van der Waals surface area contributed by atoms with Gasteiger partial charge in [-0.3, -0.25) is 4.79 Å². The third-order valence-corrected chi connectivity index (χ3v) is 4.88. The highest BCUT2D eigenvalue weighted by molar-refractivity contribution is 8.01. The van der Waals surface area contributed by atoms with Gasteiger partial charge in [-0.15, -0.1) is 10.2 Å². The van der Waals surface area contributed by atoms with Crippen molar-refractivity contribution in [1.82, 2.24) is 10.2 Å². The van der Waals surface area contributed by atoms with Crippen LogP contribution in [0, 0.1) is 0 Å². The minimum absolute atomic E-state index is 0.105. The quantitative estimate of drug-likeness (QED) is 0.652. The summed E-state index contributed by atoms with van der Waals surface area (Å²) in [5.74, 6) is 0.696. The maximum atomic E-state index is 12.0. The Labute approximate surface area is 134 Å². The van der Waals surface area contributed by atoms with Gasteiger partial charge in [-0.2, -0.15) is 0 Å². The van der Waals surface area contributed by atoms with Crippen LogP contribution < -0.4 is 5.32 Å². The number of nitrogens with zero attached hydrogens (tertiary/aromatic N) is 2. The van der Waals surface area contributed by atoms with Crippen LogP contribution in [0.5, 0.6) is 0 Å². The maximum Gasteiger partial charge on any atom is 0.230 e. The van der Waals surface area contributed by atoms with E-state index in [1.807, 2.05) is 6.92 Å². The number of hydrogen-bond donors (Lipinski definition) is 1. The molecular formula is C12H11Cl2N3OS2. The molecule has 1 amide bonds. The summed E-state index contributed by atoms with van der Waals surface area (Å²) in [6.45, 7) is 2.03. The molecule has 2 rings (SSSR count). The predicted octanol–water partition coefficient (Wildman–Crippen LogP) is 4.14. The van der Waals surface area contributed by atoms with Crippen LogP contribution in [0.4, 0.5) is 5.13 Å². The number of halogens is 2. The normalized spacial score (nSPS) is 10.6. The summed E-state index contributed by atoms with van der Waals surface area (Å²) in [5, 5.41) is 12.0. The number of rotatable bonds is 5. The number of carbonyl (C=O) groups is 1. The Morgan fingerprint density at radius 3 is 2.70 bits per heavy atom. The molecule has 1 N–H and O–H groups in total. The van der Waals surface area contributed by atoms with E-state index in [4.69, 9.17) is 23.2 Å². The smallest absolute Gasteiger partial charge is 0.230 e. The Morgan fingerprint density at radius 2 is 2.05 bits per heavy atom. The van der Waals surface area contributed by atoms with Crippen LogP contribution in [0.1, 0.15) is 12.5 Å². The summed E-state index contributed by atoms with van der Waals surface area (Å²) in [4.78, 5) is 12.0. The van der Waals surface area contributed by atoms with E-state index in [2.05, 4.69) is 15.5 Å². The summed E-state index contributed by atoms with van der Waals surface area (Å²) >= 11 is 15.0. The monoisotopic (exact) mass is 347 g/mol. The molecule has 4 nitrogen and oxygen atoms in total. The maximum absolute atomic E-state index is 12.0. The molecule has 0 aliphatic heterocycles. The van der Waals surface area contributed by atoms with Crippen LogP contribution in [-0.2, 0) is 11.2 Å². The Kier molecular flexibility index (Phi) is 5.65. The molecule has 0 aliphatic rings. The molecule has 2 aromatic rings. The zero-order chi connectivity index (χ0) is 14.5. The first-order valence-electron chi connectivity index (χ1n) is 5.79. The third-order valence-electron chi connectivity index (χ3n) is 2.32. The summed E-state index contributed by atoms with van der Waals surface area (Å²) in [6, 6.07) is 5.15. The highest BCUT2D eigenvalue weighted by Crippen LogP contribution is 2.27. The van der Waals surface area contributed by atoms with E-state index in [0.29, 0.717) is 20.7 Å². The van der Waals surface area contributed by atoms with Crippen LogP contribution in [0.2, 0.25) is 10.0 Å². The molecule has 0 unspecified atom stereocenters. The van der Waals surface area contributed by atoms with Crippen LogP contribution >= 0.6 is 46.3 Å². The van der Waals surface area contributed by atoms with Gasteiger partial charge in [-0.1, -0.05) is 59.3 Å². The second-order valence-corrected chi connectivity index (χ2v) is 7.03. The highest BCUT2D eigenvalue weighted by Gasteiger charge is 2.13. The summed E-state index contributed by atoms with van der Waals surface area (Å²) < 4.78 is 0.832. The van der Waals surface area contributed by atoms with E-state index in [1.165, 1.54) is 11.3 Å². The Morgan fingerprint density at radius 1 is 1.35 bits per heavy atom. The number of carbonyl (C=O) groups excluding carboxylic acids is 1. The predicted molar refractivity (Wildman–Crippen MR) is 85.1 cm³/mol. The number of aromatic nitrogens is 2. The molecule has 0 bridgehead atoms. The first-order valence-corrected chi connectivity index (χ1v) is 8.35. The van der Waals surface area contributed by atoms with Crippen molar-refractivity contribution in [2.24, 2.45) is 0 Å². The average Bonchev–Trinajstić information content (AvgIpc) is 2.82. The lowest BCUT2D eigenvalue weighted by Gasteiger charge is -2.06. The van der Waals surface area contributed by atoms with Gasteiger partial charge in [-0.05, 0) is 23.4 Å². The van der Waals surface area contributed by atoms with Crippen molar-refractivity contribution in [3.8, 4) is 0 Å². The molecule has 0 aliphatic carbocycles. The molecule has 106 valence electrons. The fraction of sp³-hybridized carbons (Fsp3) is 0.250. The number of amides is 1. The SMILES string of the molecule is CCSc1nnc(NC(=O)Cc2c(Cl)cccc2Cl)s1. The minimum Gasteiger partial charge on any atom is -0.300 e. The Bertz CT molecular complexity index is 598. The fourth-order valence-electron chi connectivity index (χ4n) is 1.47. The largest absolute Gasteiger partial charge is 0.300 e. The van der Waals surface area contributed by atoms with Crippen LogP contribution in [0.15, 0.2) is 22.5 Å². The summed E-state index contributed by atoms with van der Waals surface area (Å²) in [5.41, 5.74) is 0.612. The van der Waals surface area contributed by atoms with Gasteiger partial charge in [0.1, 0.15) is 0 Å². The van der Waals surface area contributed by atoms with Gasteiger partial charge >= 0.3 is 0 Å². The molecule has 1 aromatic carbocycles. The molecule has 0 radical (unpaired) electrons. The zero-order valence-corrected chi connectivity index (χ0v) is 13.7. The summed E-state index contributed by atoms with van der Waals surface area (Å²) in [6.07, 6.45) is 0.105. The first-order chi connectivity index (χ1) is 9.60. The number of anilines is 1. The number of nitrogens with one attached hydrogen (secondary N) is 1. The third kappa shape index (κ3) is 4.09. The van der Waals surface area contributed by atoms with Crippen molar-refractivity contribution in [2.45, 2.75) is 17.7 Å². The molecule has 0 saturated heterocycles. The fourth-order valence-corrected chi connectivity index (χ4v) is 3.66. The zero-order valence-electron chi connectivity index (χ0n) is 10.5. The standard InChI is InChI=1S/C12H11Cl2N3OS2/c1-2-19-12-17-16-11(20-12)15-10(18)6-7-8(13)4-3-5-9(7)14/h3-5H,2,6H2,1H3,(H,15,16,18). The topological polar surface area (TPSA) is 54.9 Å². The second kappa shape index (κ2) is 7.26. The van der Waals surface area contributed by atoms with Crippen molar-refractivity contribution in [3.05, 3.63) is 33.8 Å². The molecule has 0 atom stereocenters. The van der Waals surface area contributed by atoms with Crippen molar-refractivity contribution in [2.75, 3.05) is 11.1 Å². The average molecular weight is 348 g/mol. The lowest BCUT2D eigenvalue weighted by atomic mass is 10.1. The van der Waals surface area contributed by atoms with E-state index in [-0.39, 0.29) is 12.3 Å². The van der Waals surface area contributed by atoms with Crippen molar-refractivity contribution >= 4 is 57.3 Å². The molecule has 1 aromatic heterocycles. The van der Waals surface area contributed by atoms with E-state index in [9.17, 15) is 4.79 Å².